The monoisotopic (exact) mass is 247 g/mol. The summed E-state index contributed by atoms with van der Waals surface area (Å²) in [5.74, 6) is 1.17. The fourth-order valence-electron chi connectivity index (χ4n) is 1.78. The van der Waals surface area contributed by atoms with Crippen molar-refractivity contribution in [3.63, 3.8) is 0 Å². The molecular formula is C13H17N3O2. The molecule has 1 N–H and O–H groups in total. The lowest BCUT2D eigenvalue weighted by Crippen LogP contribution is -2.20. The number of aryl methyl sites for hydroxylation is 2. The van der Waals surface area contributed by atoms with Crippen LogP contribution >= 0.6 is 0 Å². The lowest BCUT2D eigenvalue weighted by molar-refractivity contribution is 0.393. The SMILES string of the molecule is Cc1noc(C)c1-c1nc(C(C)(C)C)cc(=O)[nH]1. The fourth-order valence-corrected chi connectivity index (χ4v) is 1.78. The van der Waals surface area contributed by atoms with Crippen LogP contribution in [0.15, 0.2) is 15.4 Å². The third kappa shape index (κ3) is 2.20. The summed E-state index contributed by atoms with van der Waals surface area (Å²) >= 11 is 0. The van der Waals surface area contributed by atoms with Crippen molar-refractivity contribution in [1.29, 1.82) is 0 Å². The van der Waals surface area contributed by atoms with E-state index in [2.05, 4.69) is 15.1 Å². The van der Waals surface area contributed by atoms with E-state index in [0.29, 0.717) is 11.6 Å². The molecule has 0 aliphatic rings. The molecule has 5 heteroatoms. The van der Waals surface area contributed by atoms with Crippen LogP contribution < -0.4 is 5.56 Å². The Morgan fingerprint density at radius 1 is 1.28 bits per heavy atom. The van der Waals surface area contributed by atoms with E-state index in [4.69, 9.17) is 4.52 Å². The largest absolute Gasteiger partial charge is 0.361 e. The Kier molecular flexibility index (Phi) is 2.84. The number of hydrogen-bond acceptors (Lipinski definition) is 4. The molecule has 0 unspecified atom stereocenters. The van der Waals surface area contributed by atoms with E-state index in [0.717, 1.165) is 17.0 Å². The quantitative estimate of drug-likeness (QED) is 0.839. The van der Waals surface area contributed by atoms with E-state index < -0.39 is 0 Å². The number of hydrogen-bond donors (Lipinski definition) is 1. The minimum atomic E-state index is -0.179. The number of aromatic nitrogens is 3. The summed E-state index contributed by atoms with van der Waals surface area (Å²) in [6.07, 6.45) is 0. The summed E-state index contributed by atoms with van der Waals surface area (Å²) in [4.78, 5) is 19.0. The van der Waals surface area contributed by atoms with Gasteiger partial charge in [-0.2, -0.15) is 0 Å². The van der Waals surface area contributed by atoms with Crippen LogP contribution in [-0.4, -0.2) is 15.1 Å². The summed E-state index contributed by atoms with van der Waals surface area (Å²) < 4.78 is 5.10. The van der Waals surface area contributed by atoms with E-state index in [9.17, 15) is 4.79 Å². The van der Waals surface area contributed by atoms with Gasteiger partial charge in [-0.05, 0) is 13.8 Å². The maximum absolute atomic E-state index is 11.7. The first kappa shape index (κ1) is 12.5. The maximum atomic E-state index is 11.7. The molecule has 2 aromatic heterocycles. The van der Waals surface area contributed by atoms with Gasteiger partial charge in [-0.3, -0.25) is 4.79 Å². The first-order valence-electron chi connectivity index (χ1n) is 5.84. The van der Waals surface area contributed by atoms with E-state index in [-0.39, 0.29) is 11.0 Å². The highest BCUT2D eigenvalue weighted by atomic mass is 16.5. The molecule has 5 nitrogen and oxygen atoms in total. The van der Waals surface area contributed by atoms with Gasteiger partial charge in [0.05, 0.1) is 17.0 Å². The van der Waals surface area contributed by atoms with Crippen molar-refractivity contribution < 1.29 is 4.52 Å². The van der Waals surface area contributed by atoms with Crippen LogP contribution in [0, 0.1) is 13.8 Å². The maximum Gasteiger partial charge on any atom is 0.251 e. The smallest absolute Gasteiger partial charge is 0.251 e. The molecule has 2 rings (SSSR count). The molecule has 0 amide bonds. The van der Waals surface area contributed by atoms with Gasteiger partial charge in [0.15, 0.2) is 0 Å². The lowest BCUT2D eigenvalue weighted by atomic mass is 9.92. The minimum absolute atomic E-state index is 0.162. The van der Waals surface area contributed by atoms with Gasteiger partial charge >= 0.3 is 0 Å². The summed E-state index contributed by atoms with van der Waals surface area (Å²) in [7, 11) is 0. The van der Waals surface area contributed by atoms with Crippen molar-refractivity contribution >= 4 is 0 Å². The number of aromatic amines is 1. The zero-order chi connectivity index (χ0) is 13.5. The Bertz CT molecular complexity index is 613. The second-order valence-electron chi connectivity index (χ2n) is 5.43. The summed E-state index contributed by atoms with van der Waals surface area (Å²) in [5, 5.41) is 3.88. The molecule has 0 saturated carbocycles. The highest BCUT2D eigenvalue weighted by Crippen LogP contribution is 2.25. The zero-order valence-electron chi connectivity index (χ0n) is 11.3. The molecule has 0 aliphatic carbocycles. The molecule has 96 valence electrons. The number of nitrogens with one attached hydrogen (secondary N) is 1. The van der Waals surface area contributed by atoms with Gasteiger partial charge in [0.25, 0.3) is 5.56 Å². The lowest BCUT2D eigenvalue weighted by Gasteiger charge is -2.17. The van der Waals surface area contributed by atoms with Crippen molar-refractivity contribution in [3.05, 3.63) is 33.6 Å². The Hall–Kier alpha value is -1.91. The molecule has 2 aromatic rings. The number of nitrogens with zero attached hydrogens (tertiary/aromatic N) is 2. The third-order valence-electron chi connectivity index (χ3n) is 2.78. The first-order chi connectivity index (χ1) is 8.29. The number of H-pyrrole nitrogens is 1. The molecule has 0 bridgehead atoms. The Morgan fingerprint density at radius 2 is 1.94 bits per heavy atom. The predicted octanol–water partition coefficient (Wildman–Crippen LogP) is 2.34. The zero-order valence-corrected chi connectivity index (χ0v) is 11.3. The van der Waals surface area contributed by atoms with Gasteiger partial charge in [-0.25, -0.2) is 4.98 Å². The van der Waals surface area contributed by atoms with Gasteiger partial charge in [0.1, 0.15) is 11.6 Å². The normalized spacial score (nSPS) is 11.8. The van der Waals surface area contributed by atoms with Gasteiger partial charge in [0.2, 0.25) is 0 Å². The van der Waals surface area contributed by atoms with Crippen molar-refractivity contribution in [3.8, 4) is 11.4 Å². The average Bonchev–Trinajstić information content (AvgIpc) is 2.56. The van der Waals surface area contributed by atoms with Crippen LogP contribution in [0.1, 0.15) is 37.9 Å². The van der Waals surface area contributed by atoms with Gasteiger partial charge in [-0.15, -0.1) is 0 Å². The Balaban J connectivity index is 2.67. The molecule has 0 aromatic carbocycles. The highest BCUT2D eigenvalue weighted by molar-refractivity contribution is 5.59. The van der Waals surface area contributed by atoms with E-state index >= 15 is 0 Å². The van der Waals surface area contributed by atoms with E-state index in [1.807, 2.05) is 27.7 Å². The Morgan fingerprint density at radius 3 is 2.44 bits per heavy atom. The second kappa shape index (κ2) is 4.08. The summed E-state index contributed by atoms with van der Waals surface area (Å²) in [5.41, 5.74) is 1.90. The predicted molar refractivity (Wildman–Crippen MR) is 68.5 cm³/mol. The average molecular weight is 247 g/mol. The van der Waals surface area contributed by atoms with Crippen molar-refractivity contribution in [2.45, 2.75) is 40.0 Å². The van der Waals surface area contributed by atoms with Crippen LogP contribution in [0.3, 0.4) is 0 Å². The third-order valence-corrected chi connectivity index (χ3v) is 2.78. The molecule has 0 saturated heterocycles. The van der Waals surface area contributed by atoms with Crippen molar-refractivity contribution in [2.24, 2.45) is 0 Å². The fraction of sp³-hybridized carbons (Fsp3) is 0.462. The molecule has 0 radical (unpaired) electrons. The molecule has 2 heterocycles. The van der Waals surface area contributed by atoms with E-state index in [1.54, 1.807) is 6.92 Å². The molecule has 0 aliphatic heterocycles. The van der Waals surface area contributed by atoms with Gasteiger partial charge in [0, 0.05) is 11.5 Å². The molecule has 18 heavy (non-hydrogen) atoms. The summed E-state index contributed by atoms with van der Waals surface area (Å²) in [6.45, 7) is 9.69. The van der Waals surface area contributed by atoms with Crippen LogP contribution in [-0.2, 0) is 5.41 Å². The summed E-state index contributed by atoms with van der Waals surface area (Å²) in [6, 6.07) is 1.53. The van der Waals surface area contributed by atoms with Gasteiger partial charge in [-0.1, -0.05) is 25.9 Å². The number of rotatable bonds is 1. The van der Waals surface area contributed by atoms with E-state index in [1.165, 1.54) is 6.07 Å². The standard InChI is InChI=1S/C13H17N3O2/c1-7-11(8(2)18-16-7)12-14-9(13(3,4)5)6-10(17)15-12/h6H,1-5H3,(H,14,15,17). The van der Waals surface area contributed by atoms with Crippen LogP contribution in [0.5, 0.6) is 0 Å². The first-order valence-corrected chi connectivity index (χ1v) is 5.84. The molecule has 0 atom stereocenters. The van der Waals surface area contributed by atoms with Crippen molar-refractivity contribution in [2.75, 3.05) is 0 Å². The van der Waals surface area contributed by atoms with Crippen LogP contribution in [0.2, 0.25) is 0 Å². The topological polar surface area (TPSA) is 71.8 Å². The second-order valence-corrected chi connectivity index (χ2v) is 5.43. The van der Waals surface area contributed by atoms with Crippen molar-refractivity contribution in [1.82, 2.24) is 15.1 Å². The minimum Gasteiger partial charge on any atom is -0.361 e. The van der Waals surface area contributed by atoms with Gasteiger partial charge < -0.3 is 9.51 Å². The van der Waals surface area contributed by atoms with Crippen LogP contribution in [0.25, 0.3) is 11.4 Å². The Labute approximate surface area is 105 Å². The molecule has 0 spiro atoms. The van der Waals surface area contributed by atoms with Crippen LogP contribution in [0.4, 0.5) is 0 Å². The molecule has 0 fully saturated rings. The highest BCUT2D eigenvalue weighted by Gasteiger charge is 2.20. The molecular weight excluding hydrogens is 230 g/mol.